The highest BCUT2D eigenvalue weighted by molar-refractivity contribution is 5.88. The number of aryl methyl sites for hydroxylation is 2. The molecule has 2 aromatic heterocycles. The minimum atomic E-state index is -0.615. The molecule has 18 nitrogen and oxygen atoms in total. The number of hydrogen-bond acceptors (Lipinski definition) is 15. The van der Waals surface area contributed by atoms with E-state index in [1.54, 1.807) is 69.4 Å². The Hall–Kier alpha value is -6.44. The lowest BCUT2D eigenvalue weighted by atomic mass is 10.1. The number of nitrogens with one attached hydrogen (secondary N) is 1. The summed E-state index contributed by atoms with van der Waals surface area (Å²) in [5, 5.41) is 27.3. The summed E-state index contributed by atoms with van der Waals surface area (Å²) >= 11 is 0. The molecule has 4 N–H and O–H groups in total. The molecule has 2 heterocycles. The molecule has 19 heteroatoms. The Morgan fingerprint density at radius 1 is 0.625 bits per heavy atom. The van der Waals surface area contributed by atoms with Crippen LogP contribution in [0.25, 0.3) is 33.9 Å². The minimum Gasteiger partial charge on any atom is -0.496 e. The van der Waals surface area contributed by atoms with E-state index in [2.05, 4.69) is 36.7 Å². The number of carbonyl (C=O) groups is 1. The van der Waals surface area contributed by atoms with Gasteiger partial charge >= 0.3 is 6.09 Å². The predicted molar refractivity (Wildman–Crippen MR) is 247 cm³/mol. The number of nitrogen functional groups attached to an aromatic ring is 1. The molecule has 0 aliphatic heterocycles. The van der Waals surface area contributed by atoms with Crippen LogP contribution in [0.1, 0.15) is 22.3 Å². The summed E-state index contributed by atoms with van der Waals surface area (Å²) in [4.78, 5) is 12.3. The molecule has 1 amide bonds. The average molecular weight is 907 g/mol. The lowest BCUT2D eigenvalue weighted by Gasteiger charge is -2.14. The molecule has 0 fully saturated rings. The summed E-state index contributed by atoms with van der Waals surface area (Å²) in [7, 11) is 9.58. The summed E-state index contributed by atoms with van der Waals surface area (Å²) in [6.45, 7) is 9.97. The largest absolute Gasteiger partial charge is 0.496 e. The maximum absolute atomic E-state index is 12.3. The second-order valence-electron chi connectivity index (χ2n) is 13.7. The highest BCUT2D eigenvalue weighted by atomic mass is 35.5. The number of methoxy groups -OCH3 is 6. The fraction of sp³-hybridized carbons (Fsp3) is 0.356. The number of benzene rings is 4. The van der Waals surface area contributed by atoms with Gasteiger partial charge in [-0.15, -0.1) is 22.6 Å². The molecule has 0 aliphatic carbocycles. The zero-order chi connectivity index (χ0) is 45.9. The van der Waals surface area contributed by atoms with Gasteiger partial charge in [-0.25, -0.2) is 14.2 Å². The highest BCUT2D eigenvalue weighted by Gasteiger charge is 2.17. The van der Waals surface area contributed by atoms with Crippen molar-refractivity contribution in [3.05, 3.63) is 95.3 Å². The monoisotopic (exact) mass is 906 g/mol. The Morgan fingerprint density at radius 2 is 1.11 bits per heavy atom. The van der Waals surface area contributed by atoms with Gasteiger partial charge in [0.2, 0.25) is 0 Å². The average Bonchev–Trinajstić information content (AvgIpc) is 3.99. The number of nitrogens with two attached hydrogens (primary N) is 1. The molecule has 6 aromatic rings. The summed E-state index contributed by atoms with van der Waals surface area (Å²) in [6, 6.07) is 19.0. The van der Waals surface area contributed by atoms with Gasteiger partial charge in [-0.1, -0.05) is 10.4 Å². The van der Waals surface area contributed by atoms with Crippen LogP contribution in [0.15, 0.2) is 73.1 Å². The zero-order valence-corrected chi connectivity index (χ0v) is 38.8. The number of aliphatic hydroxyl groups is 1. The van der Waals surface area contributed by atoms with Crippen molar-refractivity contribution in [3.8, 4) is 56.9 Å². The van der Waals surface area contributed by atoms with Crippen LogP contribution in [0.5, 0.6) is 23.0 Å². The standard InChI is InChI=1S/C24H30N4O6.C18H20N4O2.C3H8O2.ClH/c1-16-12-19(14-23(32-5)17(16)2)28-21(15-25-27-28)18-6-7-22(31-4)20(13-18)26-24(29)34-11-10-33-9-8-30-3;1-11-7-14(9-18(24-4)12(11)2)22-16(10-20-21-22)13-5-6-17(23-3)15(19)8-13;1-5-3-2-4;/h6-7,12-15H,8-11H2,1-5H3,(H,26,29);5-10H,19H2,1-4H3;4H,2-3H2,1H3;1H. The van der Waals surface area contributed by atoms with Crippen LogP contribution >= 0.6 is 12.4 Å². The molecule has 4 aromatic carbocycles. The van der Waals surface area contributed by atoms with Crippen molar-refractivity contribution in [1.29, 1.82) is 0 Å². The van der Waals surface area contributed by atoms with E-state index in [0.29, 0.717) is 42.7 Å². The van der Waals surface area contributed by atoms with Crippen molar-refractivity contribution < 1.29 is 47.8 Å². The van der Waals surface area contributed by atoms with Crippen LogP contribution in [-0.4, -0.2) is 123 Å². The van der Waals surface area contributed by atoms with Gasteiger partial charge in [-0.2, -0.15) is 0 Å². The maximum Gasteiger partial charge on any atom is 0.411 e. The molecule has 0 atom stereocenters. The SMILES string of the molecule is COCCO.COCCOCCOC(=O)Nc1cc(-c2cnnn2-c2cc(C)c(C)c(OC)c2)ccc1OC.COc1ccc(-c2cnnn2-c2cc(C)c(C)c(OC)c2)cc1N.Cl. The van der Waals surface area contributed by atoms with Gasteiger partial charge in [0.15, 0.2) is 0 Å². The summed E-state index contributed by atoms with van der Waals surface area (Å²) in [5.74, 6) is 2.72. The molecule has 0 radical (unpaired) electrons. The predicted octanol–water partition coefficient (Wildman–Crippen LogP) is 6.98. The van der Waals surface area contributed by atoms with Gasteiger partial charge in [0.25, 0.3) is 0 Å². The van der Waals surface area contributed by atoms with Crippen molar-refractivity contribution in [2.75, 3.05) is 93.4 Å². The first-order chi connectivity index (χ1) is 30.4. The molecule has 346 valence electrons. The zero-order valence-electron chi connectivity index (χ0n) is 38.0. The van der Waals surface area contributed by atoms with Gasteiger partial charge in [-0.05, 0) is 98.5 Å². The van der Waals surface area contributed by atoms with Crippen molar-refractivity contribution in [2.45, 2.75) is 27.7 Å². The van der Waals surface area contributed by atoms with E-state index >= 15 is 0 Å². The second kappa shape index (κ2) is 26.2. The van der Waals surface area contributed by atoms with E-state index < -0.39 is 6.09 Å². The van der Waals surface area contributed by atoms with Crippen molar-refractivity contribution in [3.63, 3.8) is 0 Å². The molecule has 0 bridgehead atoms. The van der Waals surface area contributed by atoms with Crippen LogP contribution in [0.2, 0.25) is 0 Å². The lowest BCUT2D eigenvalue weighted by Crippen LogP contribution is -2.18. The summed E-state index contributed by atoms with van der Waals surface area (Å²) < 4.78 is 44.9. The van der Waals surface area contributed by atoms with Crippen molar-refractivity contribution in [1.82, 2.24) is 30.0 Å². The Morgan fingerprint density at radius 3 is 1.56 bits per heavy atom. The van der Waals surface area contributed by atoms with E-state index in [0.717, 1.165) is 67.6 Å². The topological polar surface area (TPSA) is 211 Å². The first-order valence-corrected chi connectivity index (χ1v) is 19.8. The van der Waals surface area contributed by atoms with E-state index in [4.69, 9.17) is 44.0 Å². The molecule has 0 unspecified atom stereocenters. The number of carbonyl (C=O) groups excluding carboxylic acids is 1. The highest BCUT2D eigenvalue weighted by Crippen LogP contribution is 2.34. The molecule has 0 saturated heterocycles. The number of amides is 1. The quantitative estimate of drug-likeness (QED) is 0.0623. The van der Waals surface area contributed by atoms with E-state index in [1.165, 1.54) is 7.11 Å². The van der Waals surface area contributed by atoms with Crippen LogP contribution < -0.4 is 30.0 Å². The number of ether oxygens (including phenoxy) is 8. The van der Waals surface area contributed by atoms with E-state index in [1.807, 2.05) is 70.2 Å². The summed E-state index contributed by atoms with van der Waals surface area (Å²) in [5.41, 5.74) is 16.4. The van der Waals surface area contributed by atoms with Gasteiger partial charge in [0.05, 0.1) is 108 Å². The lowest BCUT2D eigenvalue weighted by molar-refractivity contribution is 0.0447. The fourth-order valence-electron chi connectivity index (χ4n) is 6.06. The normalized spacial score (nSPS) is 10.4. The van der Waals surface area contributed by atoms with Crippen LogP contribution in [0.3, 0.4) is 0 Å². The fourth-order valence-corrected chi connectivity index (χ4v) is 6.06. The van der Waals surface area contributed by atoms with Crippen LogP contribution in [0.4, 0.5) is 16.2 Å². The molecule has 6 rings (SSSR count). The number of nitrogens with zero attached hydrogens (tertiary/aromatic N) is 6. The van der Waals surface area contributed by atoms with E-state index in [9.17, 15) is 4.79 Å². The van der Waals surface area contributed by atoms with Crippen LogP contribution in [0, 0.1) is 27.7 Å². The molecular weight excluding hydrogens is 848 g/mol. The van der Waals surface area contributed by atoms with Crippen LogP contribution in [-0.2, 0) is 18.9 Å². The number of rotatable bonds is 17. The number of hydrogen-bond donors (Lipinski definition) is 3. The third kappa shape index (κ3) is 13.8. The number of halogens is 1. The Labute approximate surface area is 379 Å². The van der Waals surface area contributed by atoms with E-state index in [-0.39, 0.29) is 32.2 Å². The first kappa shape index (κ1) is 51.9. The molecular formula is C45H59ClN8O10. The number of aromatic nitrogens is 6. The maximum atomic E-state index is 12.3. The Kier molecular flexibility index (Phi) is 21.3. The number of aliphatic hydroxyl groups excluding tert-OH is 1. The van der Waals surface area contributed by atoms with Gasteiger partial charge in [0, 0.05) is 37.5 Å². The Bertz CT molecular complexity index is 2390. The van der Waals surface area contributed by atoms with Gasteiger partial charge < -0.3 is 48.7 Å². The Balaban J connectivity index is 0.000000316. The third-order valence-corrected chi connectivity index (χ3v) is 9.68. The molecule has 0 aliphatic rings. The first-order valence-electron chi connectivity index (χ1n) is 19.8. The number of anilines is 2. The smallest absolute Gasteiger partial charge is 0.411 e. The molecule has 64 heavy (non-hydrogen) atoms. The third-order valence-electron chi connectivity index (χ3n) is 9.68. The van der Waals surface area contributed by atoms with Crippen molar-refractivity contribution in [2.24, 2.45) is 0 Å². The summed E-state index contributed by atoms with van der Waals surface area (Å²) in [6.07, 6.45) is 2.75. The second-order valence-corrected chi connectivity index (χ2v) is 13.7. The van der Waals surface area contributed by atoms with Gasteiger partial charge in [-0.3, -0.25) is 5.32 Å². The van der Waals surface area contributed by atoms with Gasteiger partial charge in [0.1, 0.15) is 29.6 Å². The minimum absolute atomic E-state index is 0. The molecule has 0 saturated carbocycles. The van der Waals surface area contributed by atoms with Crippen molar-refractivity contribution >= 4 is 29.9 Å². The molecule has 0 spiro atoms.